The first-order chi connectivity index (χ1) is 14.8. The summed E-state index contributed by atoms with van der Waals surface area (Å²) < 4.78 is 2.37. The first kappa shape index (κ1) is 16.0. The van der Waals surface area contributed by atoms with Crippen molar-refractivity contribution in [1.29, 1.82) is 0 Å². The molecule has 30 heavy (non-hydrogen) atoms. The van der Waals surface area contributed by atoms with Crippen molar-refractivity contribution in [3.05, 3.63) is 97.1 Å². The molecule has 0 aliphatic rings. The summed E-state index contributed by atoms with van der Waals surface area (Å²) in [5.41, 5.74) is 2.60. The Morgan fingerprint density at radius 3 is 1.67 bits per heavy atom. The van der Waals surface area contributed by atoms with E-state index in [0.717, 1.165) is 0 Å². The van der Waals surface area contributed by atoms with Crippen LogP contribution in [-0.2, 0) is 7.05 Å². The number of rotatable bonds is 0. The Kier molecular flexibility index (Phi) is 2.99. The molecular formula is C29H19N. The Hall–Kier alpha value is -3.84. The number of aromatic nitrogens is 1. The topological polar surface area (TPSA) is 4.93 Å². The van der Waals surface area contributed by atoms with Gasteiger partial charge in [-0.1, -0.05) is 66.7 Å². The van der Waals surface area contributed by atoms with Gasteiger partial charge in [-0.2, -0.15) is 0 Å². The normalized spacial score (nSPS) is 12.2. The molecule has 0 amide bonds. The Bertz CT molecular complexity index is 1800. The van der Waals surface area contributed by atoms with E-state index in [9.17, 15) is 0 Å². The molecule has 0 N–H and O–H groups in total. The third kappa shape index (κ3) is 2.02. The van der Waals surface area contributed by atoms with Crippen LogP contribution in [0.15, 0.2) is 97.1 Å². The summed E-state index contributed by atoms with van der Waals surface area (Å²) in [5, 5.41) is 13.1. The van der Waals surface area contributed by atoms with Crippen molar-refractivity contribution in [3.63, 3.8) is 0 Å². The van der Waals surface area contributed by atoms with Crippen molar-refractivity contribution in [3.8, 4) is 0 Å². The lowest BCUT2D eigenvalue weighted by molar-refractivity contribution is 1.02. The van der Waals surface area contributed by atoms with E-state index in [4.69, 9.17) is 0 Å². The van der Waals surface area contributed by atoms with Gasteiger partial charge in [0, 0.05) is 28.7 Å². The second-order valence-electron chi connectivity index (χ2n) is 8.32. The summed E-state index contributed by atoms with van der Waals surface area (Å²) in [4.78, 5) is 0. The van der Waals surface area contributed by atoms with Crippen molar-refractivity contribution in [2.75, 3.05) is 0 Å². The molecule has 1 aromatic heterocycles. The average Bonchev–Trinajstić information content (AvgIpc) is 3.09. The highest BCUT2D eigenvalue weighted by Gasteiger charge is 2.14. The summed E-state index contributed by atoms with van der Waals surface area (Å²) in [7, 11) is 2.20. The van der Waals surface area contributed by atoms with E-state index in [1.54, 1.807) is 0 Å². The fraction of sp³-hybridized carbons (Fsp3) is 0.0345. The second-order valence-corrected chi connectivity index (χ2v) is 8.32. The Balaban J connectivity index is 1.72. The minimum Gasteiger partial charge on any atom is -0.343 e. The van der Waals surface area contributed by atoms with Gasteiger partial charge in [0.1, 0.15) is 0 Å². The molecule has 1 heteroatoms. The van der Waals surface area contributed by atoms with Gasteiger partial charge < -0.3 is 4.57 Å². The van der Waals surface area contributed by atoms with Gasteiger partial charge in [0.05, 0.1) is 5.52 Å². The van der Waals surface area contributed by atoms with Crippen LogP contribution in [0.4, 0.5) is 0 Å². The zero-order valence-corrected chi connectivity index (χ0v) is 16.7. The Labute approximate surface area is 173 Å². The van der Waals surface area contributed by atoms with Gasteiger partial charge in [0.2, 0.25) is 0 Å². The molecule has 6 aromatic carbocycles. The van der Waals surface area contributed by atoms with Crippen LogP contribution in [0.25, 0.3) is 64.9 Å². The molecule has 0 saturated heterocycles. The average molecular weight is 381 g/mol. The Morgan fingerprint density at radius 2 is 1.00 bits per heavy atom. The van der Waals surface area contributed by atoms with Crippen molar-refractivity contribution >= 4 is 64.9 Å². The molecule has 7 aromatic rings. The van der Waals surface area contributed by atoms with Gasteiger partial charge in [-0.25, -0.2) is 0 Å². The predicted octanol–water partition coefficient (Wildman–Crippen LogP) is 7.94. The van der Waals surface area contributed by atoms with Crippen LogP contribution in [-0.4, -0.2) is 4.57 Å². The molecule has 7 rings (SSSR count). The predicted molar refractivity (Wildman–Crippen MR) is 130 cm³/mol. The highest BCUT2D eigenvalue weighted by atomic mass is 14.9. The molecule has 0 spiro atoms. The van der Waals surface area contributed by atoms with Crippen LogP contribution in [0.3, 0.4) is 0 Å². The SMILES string of the molecule is Cn1c2ccc3cc4ccccc4cc3c2c2ccc3cc4ccccc4cc3c21. The molecule has 140 valence electrons. The molecule has 0 aliphatic heterocycles. The molecule has 1 heterocycles. The summed E-state index contributed by atoms with van der Waals surface area (Å²) in [5.74, 6) is 0. The van der Waals surface area contributed by atoms with Crippen LogP contribution in [0.2, 0.25) is 0 Å². The van der Waals surface area contributed by atoms with Crippen LogP contribution >= 0.6 is 0 Å². The van der Waals surface area contributed by atoms with E-state index in [1.807, 2.05) is 0 Å². The van der Waals surface area contributed by atoms with Crippen LogP contribution in [0.5, 0.6) is 0 Å². The standard InChI is InChI=1S/C29H19N/c1-30-27-13-11-22-14-18-6-2-4-8-20(18)16-25(22)28(27)24-12-10-23-15-19-7-3-5-9-21(19)17-26(23)29(24)30/h2-17H,1H3. The zero-order chi connectivity index (χ0) is 19.8. The maximum absolute atomic E-state index is 2.37. The maximum atomic E-state index is 2.37. The fourth-order valence-corrected chi connectivity index (χ4v) is 5.25. The smallest absolute Gasteiger partial charge is 0.0568 e. The zero-order valence-electron chi connectivity index (χ0n) is 16.7. The molecule has 1 nitrogen and oxygen atoms in total. The molecule has 0 fully saturated rings. The first-order valence-corrected chi connectivity index (χ1v) is 10.4. The largest absolute Gasteiger partial charge is 0.343 e. The van der Waals surface area contributed by atoms with E-state index in [0.29, 0.717) is 0 Å². The highest BCUT2D eigenvalue weighted by molar-refractivity contribution is 6.27. The van der Waals surface area contributed by atoms with Gasteiger partial charge in [-0.15, -0.1) is 0 Å². The van der Waals surface area contributed by atoms with Gasteiger partial charge in [-0.3, -0.25) is 0 Å². The van der Waals surface area contributed by atoms with Gasteiger partial charge >= 0.3 is 0 Å². The third-order valence-corrected chi connectivity index (χ3v) is 6.69. The first-order valence-electron chi connectivity index (χ1n) is 10.4. The minimum atomic E-state index is 1.29. The lowest BCUT2D eigenvalue weighted by atomic mass is 9.97. The molecular weight excluding hydrogens is 362 g/mol. The van der Waals surface area contributed by atoms with Crippen molar-refractivity contribution < 1.29 is 0 Å². The molecule has 0 saturated carbocycles. The second kappa shape index (κ2) is 5.61. The highest BCUT2D eigenvalue weighted by Crippen LogP contribution is 2.39. The molecule has 0 radical (unpaired) electrons. The minimum absolute atomic E-state index is 1.29. The van der Waals surface area contributed by atoms with E-state index in [2.05, 4.69) is 109 Å². The Morgan fingerprint density at radius 1 is 0.467 bits per heavy atom. The van der Waals surface area contributed by atoms with Crippen LogP contribution in [0.1, 0.15) is 0 Å². The summed E-state index contributed by atoms with van der Waals surface area (Å²) in [6.07, 6.45) is 0. The van der Waals surface area contributed by atoms with Gasteiger partial charge in [-0.05, 0) is 68.0 Å². The molecule has 0 bridgehead atoms. The van der Waals surface area contributed by atoms with E-state index in [-0.39, 0.29) is 0 Å². The number of aryl methyl sites for hydroxylation is 1. The van der Waals surface area contributed by atoms with E-state index >= 15 is 0 Å². The number of benzene rings is 6. The molecule has 0 unspecified atom stereocenters. The van der Waals surface area contributed by atoms with Crippen LogP contribution in [0, 0.1) is 0 Å². The van der Waals surface area contributed by atoms with Crippen molar-refractivity contribution in [2.45, 2.75) is 0 Å². The van der Waals surface area contributed by atoms with E-state index in [1.165, 1.54) is 64.9 Å². The third-order valence-electron chi connectivity index (χ3n) is 6.69. The summed E-state index contributed by atoms with van der Waals surface area (Å²) in [6, 6.07) is 35.7. The lowest BCUT2D eigenvalue weighted by Gasteiger charge is -2.06. The maximum Gasteiger partial charge on any atom is 0.0568 e. The quantitative estimate of drug-likeness (QED) is 0.235. The summed E-state index contributed by atoms with van der Waals surface area (Å²) in [6.45, 7) is 0. The van der Waals surface area contributed by atoms with E-state index < -0.39 is 0 Å². The molecule has 0 atom stereocenters. The lowest BCUT2D eigenvalue weighted by Crippen LogP contribution is -1.88. The number of nitrogens with zero attached hydrogens (tertiary/aromatic N) is 1. The van der Waals surface area contributed by atoms with Gasteiger partial charge in [0.25, 0.3) is 0 Å². The molecule has 0 aliphatic carbocycles. The summed E-state index contributed by atoms with van der Waals surface area (Å²) >= 11 is 0. The fourth-order valence-electron chi connectivity index (χ4n) is 5.25. The van der Waals surface area contributed by atoms with Crippen molar-refractivity contribution in [2.24, 2.45) is 7.05 Å². The number of hydrogen-bond donors (Lipinski definition) is 0. The van der Waals surface area contributed by atoms with Gasteiger partial charge in [0.15, 0.2) is 0 Å². The number of fused-ring (bicyclic) bond motifs is 9. The number of hydrogen-bond acceptors (Lipinski definition) is 0. The van der Waals surface area contributed by atoms with Crippen molar-refractivity contribution in [1.82, 2.24) is 4.57 Å². The monoisotopic (exact) mass is 381 g/mol. The van der Waals surface area contributed by atoms with Crippen LogP contribution < -0.4 is 0 Å².